The fourth-order valence-corrected chi connectivity index (χ4v) is 1.96. The summed E-state index contributed by atoms with van der Waals surface area (Å²) in [5.41, 5.74) is 1.47. The average molecular weight is 234 g/mol. The molecule has 1 aromatic rings. The molecule has 1 aliphatic heterocycles. The Balaban J connectivity index is 1.82. The summed E-state index contributed by atoms with van der Waals surface area (Å²) in [6.07, 6.45) is 2.17. The summed E-state index contributed by atoms with van der Waals surface area (Å²) in [7, 11) is 0. The predicted molar refractivity (Wildman–Crippen MR) is 68.8 cm³/mol. The number of rotatable bonds is 3. The van der Waals surface area contributed by atoms with Gasteiger partial charge in [0, 0.05) is 11.8 Å². The van der Waals surface area contributed by atoms with E-state index in [4.69, 9.17) is 9.47 Å². The quantitative estimate of drug-likeness (QED) is 0.798. The second-order valence-electron chi connectivity index (χ2n) is 5.53. The minimum absolute atomic E-state index is 0.0433. The Hall–Kier alpha value is -0.860. The monoisotopic (exact) mass is 234 g/mol. The van der Waals surface area contributed by atoms with Gasteiger partial charge in [0.2, 0.25) is 0 Å². The molecule has 94 valence electrons. The summed E-state index contributed by atoms with van der Waals surface area (Å²) in [5.74, 6) is 0. The molecule has 1 heterocycles. The number of ether oxygens (including phenoxy) is 2. The molecule has 0 amide bonds. The van der Waals surface area contributed by atoms with Crippen LogP contribution >= 0.6 is 0 Å². The molecule has 0 bridgehead atoms. The summed E-state index contributed by atoms with van der Waals surface area (Å²) in [4.78, 5) is 0. The first-order valence-corrected chi connectivity index (χ1v) is 6.39. The van der Waals surface area contributed by atoms with Crippen molar-refractivity contribution in [2.24, 2.45) is 5.41 Å². The molecule has 1 saturated heterocycles. The molecule has 2 rings (SSSR count). The van der Waals surface area contributed by atoms with Gasteiger partial charge in [0.25, 0.3) is 0 Å². The van der Waals surface area contributed by atoms with Gasteiger partial charge in [-0.3, -0.25) is 0 Å². The SMILES string of the molecule is C[C@@H]1O[C@@H](CCc2ccccc2)OCC1(C)C. The van der Waals surface area contributed by atoms with Gasteiger partial charge in [0.15, 0.2) is 6.29 Å². The molecular formula is C15H22O2. The molecule has 0 radical (unpaired) electrons. The Kier molecular flexibility index (Phi) is 3.85. The van der Waals surface area contributed by atoms with Crippen molar-refractivity contribution in [3.05, 3.63) is 35.9 Å². The molecule has 2 atom stereocenters. The largest absolute Gasteiger partial charge is 0.352 e. The van der Waals surface area contributed by atoms with E-state index in [0.29, 0.717) is 0 Å². The van der Waals surface area contributed by atoms with Crippen LogP contribution in [0.25, 0.3) is 0 Å². The highest BCUT2D eigenvalue weighted by Gasteiger charge is 2.34. The molecule has 2 nitrogen and oxygen atoms in total. The molecule has 0 N–H and O–H groups in total. The zero-order valence-electron chi connectivity index (χ0n) is 11.0. The Morgan fingerprint density at radius 1 is 1.24 bits per heavy atom. The first-order chi connectivity index (χ1) is 8.08. The maximum Gasteiger partial charge on any atom is 0.158 e. The fourth-order valence-electron chi connectivity index (χ4n) is 1.96. The molecule has 0 saturated carbocycles. The maximum absolute atomic E-state index is 5.90. The standard InChI is InChI=1S/C15H22O2/c1-12-15(2,3)11-16-14(17-12)10-9-13-7-5-4-6-8-13/h4-8,12,14H,9-11H2,1-3H3/t12-,14-/m0/s1. The highest BCUT2D eigenvalue weighted by Crippen LogP contribution is 2.30. The van der Waals surface area contributed by atoms with Gasteiger partial charge in [-0.1, -0.05) is 44.2 Å². The molecule has 0 unspecified atom stereocenters. The van der Waals surface area contributed by atoms with Crippen molar-refractivity contribution < 1.29 is 9.47 Å². The normalized spacial score (nSPS) is 27.9. The van der Waals surface area contributed by atoms with Crippen LogP contribution in [-0.2, 0) is 15.9 Å². The number of hydrogen-bond acceptors (Lipinski definition) is 2. The minimum atomic E-state index is -0.0433. The van der Waals surface area contributed by atoms with Crippen molar-refractivity contribution in [3.8, 4) is 0 Å². The zero-order valence-corrected chi connectivity index (χ0v) is 11.0. The van der Waals surface area contributed by atoms with E-state index in [9.17, 15) is 0 Å². The van der Waals surface area contributed by atoms with Crippen LogP contribution in [0.3, 0.4) is 0 Å². The van der Waals surface area contributed by atoms with E-state index in [0.717, 1.165) is 19.4 Å². The van der Waals surface area contributed by atoms with Crippen LogP contribution in [0.15, 0.2) is 30.3 Å². The van der Waals surface area contributed by atoms with Crippen LogP contribution in [0.4, 0.5) is 0 Å². The first-order valence-electron chi connectivity index (χ1n) is 6.39. The van der Waals surface area contributed by atoms with Crippen molar-refractivity contribution >= 4 is 0 Å². The molecule has 2 heteroatoms. The molecule has 1 aromatic carbocycles. The molecule has 1 aliphatic rings. The fraction of sp³-hybridized carbons (Fsp3) is 0.600. The highest BCUT2D eigenvalue weighted by atomic mass is 16.7. The lowest BCUT2D eigenvalue weighted by Crippen LogP contribution is -2.44. The van der Waals surface area contributed by atoms with Crippen LogP contribution in [0.1, 0.15) is 32.8 Å². The lowest BCUT2D eigenvalue weighted by atomic mass is 9.87. The van der Waals surface area contributed by atoms with Crippen LogP contribution in [0.2, 0.25) is 0 Å². The predicted octanol–water partition coefficient (Wildman–Crippen LogP) is 3.41. The number of benzene rings is 1. The zero-order chi connectivity index (χ0) is 12.3. The molecular weight excluding hydrogens is 212 g/mol. The van der Waals surface area contributed by atoms with Gasteiger partial charge < -0.3 is 9.47 Å². The number of aryl methyl sites for hydroxylation is 1. The Labute approximate surface area is 104 Å². The summed E-state index contributed by atoms with van der Waals surface area (Å²) in [5, 5.41) is 0. The molecule has 0 aliphatic carbocycles. The van der Waals surface area contributed by atoms with Gasteiger partial charge in [-0.25, -0.2) is 0 Å². The van der Waals surface area contributed by atoms with Crippen molar-refractivity contribution in [1.82, 2.24) is 0 Å². The molecule has 0 spiro atoms. The van der Waals surface area contributed by atoms with Crippen LogP contribution in [0, 0.1) is 5.41 Å². The maximum atomic E-state index is 5.90. The van der Waals surface area contributed by atoms with Crippen LogP contribution in [-0.4, -0.2) is 19.0 Å². The first kappa shape index (κ1) is 12.6. The van der Waals surface area contributed by atoms with Gasteiger partial charge >= 0.3 is 0 Å². The lowest BCUT2D eigenvalue weighted by molar-refractivity contribution is -0.255. The van der Waals surface area contributed by atoms with E-state index < -0.39 is 0 Å². The van der Waals surface area contributed by atoms with Crippen molar-refractivity contribution in [2.75, 3.05) is 6.61 Å². The summed E-state index contributed by atoms with van der Waals surface area (Å²) >= 11 is 0. The second kappa shape index (κ2) is 5.19. The van der Waals surface area contributed by atoms with Gasteiger partial charge in [-0.15, -0.1) is 0 Å². The van der Waals surface area contributed by atoms with Gasteiger partial charge in [-0.05, 0) is 18.9 Å². The Morgan fingerprint density at radius 2 is 1.94 bits per heavy atom. The van der Waals surface area contributed by atoms with E-state index in [-0.39, 0.29) is 17.8 Å². The topological polar surface area (TPSA) is 18.5 Å². The molecule has 0 aromatic heterocycles. The molecule has 1 fully saturated rings. The van der Waals surface area contributed by atoms with Gasteiger partial charge in [0.05, 0.1) is 12.7 Å². The van der Waals surface area contributed by atoms with Gasteiger partial charge in [0.1, 0.15) is 0 Å². The Bertz CT molecular complexity index is 345. The molecule has 17 heavy (non-hydrogen) atoms. The van der Waals surface area contributed by atoms with E-state index in [2.05, 4.69) is 45.0 Å². The summed E-state index contributed by atoms with van der Waals surface area (Å²) in [6, 6.07) is 10.5. The highest BCUT2D eigenvalue weighted by molar-refractivity contribution is 5.14. The van der Waals surface area contributed by atoms with E-state index in [1.54, 1.807) is 0 Å². The third kappa shape index (κ3) is 3.30. The van der Waals surface area contributed by atoms with E-state index in [1.165, 1.54) is 5.56 Å². The summed E-state index contributed by atoms with van der Waals surface area (Å²) in [6.45, 7) is 7.29. The lowest BCUT2D eigenvalue weighted by Gasteiger charge is -2.40. The minimum Gasteiger partial charge on any atom is -0.352 e. The third-order valence-electron chi connectivity index (χ3n) is 3.61. The van der Waals surface area contributed by atoms with Crippen molar-refractivity contribution in [2.45, 2.75) is 46.0 Å². The van der Waals surface area contributed by atoms with E-state index in [1.807, 2.05) is 6.07 Å². The van der Waals surface area contributed by atoms with Gasteiger partial charge in [-0.2, -0.15) is 0 Å². The van der Waals surface area contributed by atoms with Crippen LogP contribution < -0.4 is 0 Å². The second-order valence-corrected chi connectivity index (χ2v) is 5.53. The smallest absolute Gasteiger partial charge is 0.158 e. The average Bonchev–Trinajstić information content (AvgIpc) is 2.32. The van der Waals surface area contributed by atoms with Crippen molar-refractivity contribution in [1.29, 1.82) is 0 Å². The van der Waals surface area contributed by atoms with E-state index >= 15 is 0 Å². The Morgan fingerprint density at radius 3 is 2.59 bits per heavy atom. The van der Waals surface area contributed by atoms with Crippen LogP contribution in [0.5, 0.6) is 0 Å². The number of hydrogen-bond donors (Lipinski definition) is 0. The summed E-state index contributed by atoms with van der Waals surface area (Å²) < 4.78 is 11.7. The van der Waals surface area contributed by atoms with Crippen molar-refractivity contribution in [3.63, 3.8) is 0 Å². The third-order valence-corrected chi connectivity index (χ3v) is 3.61.